The number of amides is 1. The van der Waals surface area contributed by atoms with Gasteiger partial charge in [0.05, 0.1) is 0 Å². The van der Waals surface area contributed by atoms with Crippen LogP contribution in [0.1, 0.15) is 35.8 Å². The molecule has 1 amide bonds. The van der Waals surface area contributed by atoms with Gasteiger partial charge in [0.1, 0.15) is 5.69 Å². The second-order valence-electron chi connectivity index (χ2n) is 6.23. The third-order valence-corrected chi connectivity index (χ3v) is 4.71. The van der Waals surface area contributed by atoms with Crippen LogP contribution in [0.4, 0.5) is 0 Å². The average molecular weight is 290 g/mol. The van der Waals surface area contributed by atoms with Crippen LogP contribution in [0, 0.1) is 0 Å². The summed E-state index contributed by atoms with van der Waals surface area (Å²) in [6, 6.07) is 4.47. The zero-order valence-corrected chi connectivity index (χ0v) is 12.9. The molecule has 1 aromatic rings. The zero-order chi connectivity index (χ0) is 14.7. The van der Waals surface area contributed by atoms with Gasteiger partial charge in [-0.3, -0.25) is 4.79 Å². The van der Waals surface area contributed by atoms with Gasteiger partial charge in [-0.15, -0.1) is 0 Å². The van der Waals surface area contributed by atoms with Crippen molar-refractivity contribution in [3.05, 3.63) is 24.0 Å². The third kappa shape index (κ3) is 3.30. The number of rotatable bonds is 2. The smallest absolute Gasteiger partial charge is 0.270 e. The van der Waals surface area contributed by atoms with Crippen LogP contribution >= 0.6 is 0 Å². The molecule has 0 aliphatic carbocycles. The monoisotopic (exact) mass is 290 g/mol. The van der Waals surface area contributed by atoms with Gasteiger partial charge < -0.3 is 19.7 Å². The molecule has 21 heavy (non-hydrogen) atoms. The normalized spacial score (nSPS) is 22.2. The molecule has 0 saturated carbocycles. The van der Waals surface area contributed by atoms with Gasteiger partial charge in [-0.2, -0.15) is 0 Å². The summed E-state index contributed by atoms with van der Waals surface area (Å²) in [5, 5.41) is 3.39. The quantitative estimate of drug-likeness (QED) is 0.889. The molecule has 5 nitrogen and oxygen atoms in total. The lowest BCUT2D eigenvalue weighted by Gasteiger charge is -2.28. The Balaban J connectivity index is 1.73. The molecule has 0 bridgehead atoms. The van der Waals surface area contributed by atoms with Crippen molar-refractivity contribution >= 4 is 5.91 Å². The van der Waals surface area contributed by atoms with Crippen LogP contribution in [0.15, 0.2) is 18.3 Å². The van der Waals surface area contributed by atoms with E-state index in [1.807, 2.05) is 17.0 Å². The molecule has 0 spiro atoms. The summed E-state index contributed by atoms with van der Waals surface area (Å²) in [5.41, 5.74) is 0.867. The van der Waals surface area contributed by atoms with Gasteiger partial charge in [-0.25, -0.2) is 0 Å². The molecule has 5 heteroatoms. The maximum atomic E-state index is 12.9. The third-order valence-electron chi connectivity index (χ3n) is 4.71. The van der Waals surface area contributed by atoms with Gasteiger partial charge >= 0.3 is 0 Å². The summed E-state index contributed by atoms with van der Waals surface area (Å²) in [5.74, 6) is 0.203. The van der Waals surface area contributed by atoms with E-state index in [2.05, 4.69) is 28.0 Å². The van der Waals surface area contributed by atoms with Crippen LogP contribution in [0.3, 0.4) is 0 Å². The highest BCUT2D eigenvalue weighted by molar-refractivity contribution is 5.92. The highest BCUT2D eigenvalue weighted by Gasteiger charge is 2.24. The van der Waals surface area contributed by atoms with Crippen LogP contribution in [-0.2, 0) is 0 Å². The molecule has 1 aromatic heterocycles. The van der Waals surface area contributed by atoms with Crippen LogP contribution in [-0.4, -0.2) is 66.6 Å². The minimum Gasteiger partial charge on any atom is -0.340 e. The lowest BCUT2D eigenvalue weighted by molar-refractivity contribution is 0.0748. The molecular formula is C16H26N4O. The Bertz CT molecular complexity index is 478. The maximum absolute atomic E-state index is 12.9. The fourth-order valence-electron chi connectivity index (χ4n) is 3.39. The van der Waals surface area contributed by atoms with Gasteiger partial charge in [-0.1, -0.05) is 0 Å². The van der Waals surface area contributed by atoms with E-state index in [4.69, 9.17) is 0 Å². The number of piperidine rings is 1. The Morgan fingerprint density at radius 3 is 2.81 bits per heavy atom. The minimum atomic E-state index is 0.203. The largest absolute Gasteiger partial charge is 0.340 e. The van der Waals surface area contributed by atoms with E-state index in [0.717, 1.165) is 64.2 Å². The number of likely N-dealkylation sites (N-methyl/N-ethyl adjacent to an activating group) is 1. The second kappa shape index (κ2) is 6.62. The average Bonchev–Trinajstić information content (AvgIpc) is 2.90. The summed E-state index contributed by atoms with van der Waals surface area (Å²) in [6.07, 6.45) is 5.36. The standard InChI is InChI=1S/C16H26N4O/c1-18-9-3-10-19(13-12-18)16(21)15-4-2-11-20(15)14-5-7-17-8-6-14/h2,4,11,14,17H,3,5-10,12-13H2,1H3. The topological polar surface area (TPSA) is 40.5 Å². The molecule has 116 valence electrons. The first-order valence-corrected chi connectivity index (χ1v) is 8.11. The van der Waals surface area contributed by atoms with E-state index in [-0.39, 0.29) is 5.91 Å². The number of nitrogens with one attached hydrogen (secondary N) is 1. The van der Waals surface area contributed by atoms with E-state index in [9.17, 15) is 4.79 Å². The molecular weight excluding hydrogens is 264 g/mol. The molecule has 2 fully saturated rings. The summed E-state index contributed by atoms with van der Waals surface area (Å²) in [4.78, 5) is 17.2. The van der Waals surface area contributed by atoms with E-state index < -0.39 is 0 Å². The summed E-state index contributed by atoms with van der Waals surface area (Å²) < 4.78 is 2.21. The molecule has 2 saturated heterocycles. The number of hydrogen-bond donors (Lipinski definition) is 1. The first-order chi connectivity index (χ1) is 10.3. The van der Waals surface area contributed by atoms with Crippen molar-refractivity contribution in [1.29, 1.82) is 0 Å². The van der Waals surface area contributed by atoms with Crippen molar-refractivity contribution in [2.75, 3.05) is 46.3 Å². The maximum Gasteiger partial charge on any atom is 0.270 e. The zero-order valence-electron chi connectivity index (χ0n) is 12.9. The number of aromatic nitrogens is 1. The Morgan fingerprint density at radius 2 is 2.00 bits per heavy atom. The predicted molar refractivity (Wildman–Crippen MR) is 83.6 cm³/mol. The lowest BCUT2D eigenvalue weighted by Crippen LogP contribution is -2.37. The first-order valence-electron chi connectivity index (χ1n) is 8.11. The molecule has 0 radical (unpaired) electrons. The SMILES string of the molecule is CN1CCCN(C(=O)c2cccn2C2CCNCC2)CC1. The molecule has 2 aliphatic rings. The Morgan fingerprint density at radius 1 is 1.19 bits per heavy atom. The lowest BCUT2D eigenvalue weighted by atomic mass is 10.1. The van der Waals surface area contributed by atoms with Crippen LogP contribution in [0.25, 0.3) is 0 Å². The summed E-state index contributed by atoms with van der Waals surface area (Å²) in [6.45, 7) is 5.86. The molecule has 3 rings (SSSR count). The fourth-order valence-corrected chi connectivity index (χ4v) is 3.39. The minimum absolute atomic E-state index is 0.203. The van der Waals surface area contributed by atoms with Crippen LogP contribution < -0.4 is 5.32 Å². The number of hydrogen-bond acceptors (Lipinski definition) is 3. The number of carbonyl (C=O) groups is 1. The van der Waals surface area contributed by atoms with E-state index >= 15 is 0 Å². The molecule has 3 heterocycles. The fraction of sp³-hybridized carbons (Fsp3) is 0.688. The molecule has 2 aliphatic heterocycles. The summed E-state index contributed by atoms with van der Waals surface area (Å²) >= 11 is 0. The van der Waals surface area contributed by atoms with Gasteiger partial charge in [0.25, 0.3) is 5.91 Å². The summed E-state index contributed by atoms with van der Waals surface area (Å²) in [7, 11) is 2.13. The highest BCUT2D eigenvalue weighted by Crippen LogP contribution is 2.22. The van der Waals surface area contributed by atoms with Gasteiger partial charge in [-0.05, 0) is 58.1 Å². The Labute approximate surface area is 126 Å². The van der Waals surface area contributed by atoms with Gasteiger partial charge in [0, 0.05) is 31.9 Å². The molecule has 1 N–H and O–H groups in total. The van der Waals surface area contributed by atoms with Crippen LogP contribution in [0.2, 0.25) is 0 Å². The molecule has 0 unspecified atom stereocenters. The van der Waals surface area contributed by atoms with Crippen molar-refractivity contribution in [1.82, 2.24) is 19.7 Å². The van der Waals surface area contributed by atoms with E-state index in [1.165, 1.54) is 0 Å². The van der Waals surface area contributed by atoms with Gasteiger partial charge in [0.2, 0.25) is 0 Å². The van der Waals surface area contributed by atoms with Crippen molar-refractivity contribution in [3.8, 4) is 0 Å². The van der Waals surface area contributed by atoms with Crippen molar-refractivity contribution < 1.29 is 4.79 Å². The highest BCUT2D eigenvalue weighted by atomic mass is 16.2. The Hall–Kier alpha value is -1.33. The molecule has 0 aromatic carbocycles. The van der Waals surface area contributed by atoms with E-state index in [0.29, 0.717) is 6.04 Å². The Kier molecular flexibility index (Phi) is 4.60. The van der Waals surface area contributed by atoms with E-state index in [1.54, 1.807) is 0 Å². The number of carbonyl (C=O) groups excluding carboxylic acids is 1. The van der Waals surface area contributed by atoms with Crippen LogP contribution in [0.5, 0.6) is 0 Å². The second-order valence-corrected chi connectivity index (χ2v) is 6.23. The van der Waals surface area contributed by atoms with Crippen molar-refractivity contribution in [3.63, 3.8) is 0 Å². The van der Waals surface area contributed by atoms with Crippen molar-refractivity contribution in [2.24, 2.45) is 0 Å². The predicted octanol–water partition coefficient (Wildman–Crippen LogP) is 1.19. The van der Waals surface area contributed by atoms with Gasteiger partial charge in [0.15, 0.2) is 0 Å². The number of nitrogens with zero attached hydrogens (tertiary/aromatic N) is 3. The van der Waals surface area contributed by atoms with Crippen molar-refractivity contribution in [2.45, 2.75) is 25.3 Å². The molecule has 0 atom stereocenters. The first kappa shape index (κ1) is 14.6.